The number of halogens is 3. The molecule has 0 unspecified atom stereocenters. The number of benzene rings is 1. The van der Waals surface area contributed by atoms with Crippen LogP contribution < -0.4 is 5.32 Å². The Morgan fingerprint density at radius 3 is 2.70 bits per heavy atom. The Morgan fingerprint density at radius 2 is 2.04 bits per heavy atom. The highest BCUT2D eigenvalue weighted by molar-refractivity contribution is 5.76. The summed E-state index contributed by atoms with van der Waals surface area (Å²) in [5, 5.41) is 10.5. The molecule has 1 atom stereocenters. The van der Waals surface area contributed by atoms with Crippen molar-refractivity contribution in [2.75, 3.05) is 13.7 Å². The number of hydrogen-bond acceptors (Lipinski definition) is 5. The van der Waals surface area contributed by atoms with E-state index in [9.17, 15) is 18.0 Å². The summed E-state index contributed by atoms with van der Waals surface area (Å²) in [6.07, 6.45) is -3.13. The molecule has 0 aliphatic heterocycles. The van der Waals surface area contributed by atoms with Gasteiger partial charge in [0, 0.05) is 20.0 Å². The van der Waals surface area contributed by atoms with Crippen molar-refractivity contribution < 1.29 is 27.1 Å². The number of alkyl halides is 3. The maximum absolute atomic E-state index is 12.8. The summed E-state index contributed by atoms with van der Waals surface area (Å²) in [7, 11) is 1.57. The van der Waals surface area contributed by atoms with Crippen LogP contribution in [0.15, 0.2) is 28.7 Å². The molecule has 1 aromatic heterocycles. The van der Waals surface area contributed by atoms with Crippen LogP contribution in [0.3, 0.4) is 0 Å². The Hall–Kier alpha value is -2.42. The van der Waals surface area contributed by atoms with Crippen molar-refractivity contribution in [3.63, 3.8) is 0 Å². The topological polar surface area (TPSA) is 77.2 Å². The van der Waals surface area contributed by atoms with Crippen LogP contribution in [0.25, 0.3) is 0 Å². The maximum atomic E-state index is 12.8. The van der Waals surface area contributed by atoms with E-state index in [2.05, 4.69) is 15.5 Å². The molecule has 0 bridgehead atoms. The van der Waals surface area contributed by atoms with Crippen LogP contribution >= 0.6 is 0 Å². The summed E-state index contributed by atoms with van der Waals surface area (Å²) in [6, 6.07) is 4.91. The monoisotopic (exact) mass is 385 g/mol. The van der Waals surface area contributed by atoms with E-state index in [4.69, 9.17) is 9.15 Å². The Morgan fingerprint density at radius 1 is 1.30 bits per heavy atom. The first-order valence-electron chi connectivity index (χ1n) is 8.57. The van der Waals surface area contributed by atoms with Gasteiger partial charge in [-0.3, -0.25) is 4.79 Å². The lowest BCUT2D eigenvalue weighted by atomic mass is 10.1. The lowest BCUT2D eigenvalue weighted by molar-refractivity contribution is -0.137. The number of aromatic nitrogens is 2. The minimum atomic E-state index is -4.40. The Balaban J connectivity index is 1.89. The normalized spacial score (nSPS) is 12.8. The molecule has 1 N–H and O–H groups in total. The molecule has 1 aromatic carbocycles. The van der Waals surface area contributed by atoms with Gasteiger partial charge in [0.25, 0.3) is 0 Å². The number of amides is 1. The lowest BCUT2D eigenvalue weighted by Gasteiger charge is -2.15. The molecule has 2 rings (SSSR count). The molecule has 27 heavy (non-hydrogen) atoms. The summed E-state index contributed by atoms with van der Waals surface area (Å²) in [5.41, 5.74) is -0.305. The van der Waals surface area contributed by atoms with Gasteiger partial charge in [-0.1, -0.05) is 25.1 Å². The van der Waals surface area contributed by atoms with Crippen molar-refractivity contribution in [2.45, 2.75) is 44.8 Å². The van der Waals surface area contributed by atoms with Crippen molar-refractivity contribution in [2.24, 2.45) is 0 Å². The minimum Gasteiger partial charge on any atom is -0.425 e. The number of carbonyl (C=O) groups is 1. The van der Waals surface area contributed by atoms with E-state index in [1.165, 1.54) is 6.07 Å². The van der Waals surface area contributed by atoms with Crippen LogP contribution in [0.1, 0.15) is 42.7 Å². The zero-order valence-electron chi connectivity index (χ0n) is 15.2. The van der Waals surface area contributed by atoms with Gasteiger partial charge in [-0.2, -0.15) is 13.2 Å². The summed E-state index contributed by atoms with van der Waals surface area (Å²) in [6.45, 7) is 2.38. The SMILES string of the molecule is CC[C@@H](COC)NC(=O)CCc1nnc(Cc2cccc(C(F)(F)F)c2)o1. The second-order valence-corrected chi connectivity index (χ2v) is 6.09. The highest BCUT2D eigenvalue weighted by atomic mass is 19.4. The average Bonchev–Trinajstić information content (AvgIpc) is 3.06. The van der Waals surface area contributed by atoms with E-state index in [0.717, 1.165) is 18.6 Å². The zero-order valence-corrected chi connectivity index (χ0v) is 15.2. The summed E-state index contributed by atoms with van der Waals surface area (Å²) in [5.74, 6) is 0.319. The molecular weight excluding hydrogens is 363 g/mol. The maximum Gasteiger partial charge on any atom is 0.416 e. The third-order valence-electron chi connectivity index (χ3n) is 3.91. The number of carbonyl (C=O) groups excluding carboxylic acids is 1. The molecule has 0 aliphatic rings. The highest BCUT2D eigenvalue weighted by Gasteiger charge is 2.30. The number of hydrogen-bond donors (Lipinski definition) is 1. The van der Waals surface area contributed by atoms with Gasteiger partial charge < -0.3 is 14.5 Å². The number of rotatable bonds is 9. The van der Waals surface area contributed by atoms with Crippen molar-refractivity contribution >= 4 is 5.91 Å². The van der Waals surface area contributed by atoms with Gasteiger partial charge in [-0.25, -0.2) is 0 Å². The molecule has 0 radical (unpaired) electrons. The lowest BCUT2D eigenvalue weighted by Crippen LogP contribution is -2.37. The van der Waals surface area contributed by atoms with E-state index >= 15 is 0 Å². The molecule has 0 spiro atoms. The number of nitrogens with zero attached hydrogens (tertiary/aromatic N) is 2. The summed E-state index contributed by atoms with van der Waals surface area (Å²) < 4.78 is 48.7. The number of ether oxygens (including phenoxy) is 1. The van der Waals surface area contributed by atoms with Gasteiger partial charge in [0.15, 0.2) is 0 Å². The summed E-state index contributed by atoms with van der Waals surface area (Å²) >= 11 is 0. The van der Waals surface area contributed by atoms with E-state index in [0.29, 0.717) is 12.2 Å². The van der Waals surface area contributed by atoms with Gasteiger partial charge in [0.1, 0.15) is 0 Å². The van der Waals surface area contributed by atoms with Gasteiger partial charge >= 0.3 is 6.18 Å². The number of nitrogens with one attached hydrogen (secondary N) is 1. The Bertz CT molecular complexity index is 747. The predicted octanol–water partition coefficient (Wildman–Crippen LogP) is 3.15. The molecule has 1 heterocycles. The van der Waals surface area contributed by atoms with Crippen LogP contribution in [-0.4, -0.2) is 35.9 Å². The van der Waals surface area contributed by atoms with Crippen LogP contribution in [0, 0.1) is 0 Å². The van der Waals surface area contributed by atoms with E-state index in [1.807, 2.05) is 6.92 Å². The fourth-order valence-electron chi connectivity index (χ4n) is 2.48. The van der Waals surface area contributed by atoms with Gasteiger partial charge in [-0.15, -0.1) is 10.2 Å². The molecule has 148 valence electrons. The molecule has 9 heteroatoms. The van der Waals surface area contributed by atoms with Crippen LogP contribution in [0.5, 0.6) is 0 Å². The minimum absolute atomic E-state index is 0.0540. The van der Waals surface area contributed by atoms with Crippen LogP contribution in [0.2, 0.25) is 0 Å². The van der Waals surface area contributed by atoms with E-state index < -0.39 is 11.7 Å². The van der Waals surface area contributed by atoms with Crippen molar-refractivity contribution in [3.05, 3.63) is 47.2 Å². The quantitative estimate of drug-likeness (QED) is 0.718. The number of aryl methyl sites for hydroxylation is 1. The van der Waals surface area contributed by atoms with Gasteiger partial charge in [0.05, 0.1) is 24.6 Å². The van der Waals surface area contributed by atoms with Gasteiger partial charge in [0.2, 0.25) is 17.7 Å². The van der Waals surface area contributed by atoms with Crippen molar-refractivity contribution in [1.82, 2.24) is 15.5 Å². The fourth-order valence-corrected chi connectivity index (χ4v) is 2.48. The number of methoxy groups -OCH3 is 1. The molecule has 6 nitrogen and oxygen atoms in total. The third kappa shape index (κ3) is 6.67. The summed E-state index contributed by atoms with van der Waals surface area (Å²) in [4.78, 5) is 11.9. The standard InChI is InChI=1S/C18H22F3N3O3/c1-3-14(11-26-2)22-15(25)7-8-16-23-24-17(27-16)10-12-5-4-6-13(9-12)18(19,20)21/h4-6,9,14H,3,7-8,10-11H2,1-2H3,(H,22,25)/t14-/m0/s1. The van der Waals surface area contributed by atoms with E-state index in [1.54, 1.807) is 13.2 Å². The molecule has 0 saturated heterocycles. The van der Waals surface area contributed by atoms with Crippen molar-refractivity contribution in [1.29, 1.82) is 0 Å². The molecule has 0 aliphatic carbocycles. The molecule has 1 amide bonds. The fraction of sp³-hybridized carbons (Fsp3) is 0.500. The zero-order chi connectivity index (χ0) is 19.9. The van der Waals surface area contributed by atoms with Crippen LogP contribution in [0.4, 0.5) is 13.2 Å². The first-order valence-corrected chi connectivity index (χ1v) is 8.57. The predicted molar refractivity (Wildman–Crippen MR) is 91.0 cm³/mol. The third-order valence-corrected chi connectivity index (χ3v) is 3.91. The smallest absolute Gasteiger partial charge is 0.416 e. The second kappa shape index (κ2) is 9.50. The van der Waals surface area contributed by atoms with E-state index in [-0.39, 0.29) is 43.0 Å². The Labute approximate surface area is 155 Å². The van der Waals surface area contributed by atoms with Gasteiger partial charge in [-0.05, 0) is 18.1 Å². The molecule has 0 fully saturated rings. The molecular formula is C18H22F3N3O3. The molecule has 0 saturated carbocycles. The molecule has 2 aromatic rings. The Kier molecular flexibility index (Phi) is 7.35. The first-order chi connectivity index (χ1) is 12.8. The second-order valence-electron chi connectivity index (χ2n) is 6.09. The van der Waals surface area contributed by atoms with Crippen molar-refractivity contribution in [3.8, 4) is 0 Å². The largest absolute Gasteiger partial charge is 0.425 e. The first kappa shape index (κ1) is 20.9. The average molecular weight is 385 g/mol. The highest BCUT2D eigenvalue weighted by Crippen LogP contribution is 2.29. The van der Waals surface area contributed by atoms with Crippen LogP contribution in [-0.2, 0) is 28.5 Å².